The number of carbonyl (C=O) groups is 2. The molecule has 0 fully saturated rings. The molecule has 0 saturated carbocycles. The predicted molar refractivity (Wildman–Crippen MR) is 119 cm³/mol. The van der Waals surface area contributed by atoms with Crippen LogP contribution in [0, 0.1) is 18.3 Å². The van der Waals surface area contributed by atoms with Gasteiger partial charge in [-0.05, 0) is 66.6 Å². The topological polar surface area (TPSA) is 79.2 Å². The van der Waals surface area contributed by atoms with Crippen molar-refractivity contribution in [2.24, 2.45) is 0 Å². The van der Waals surface area contributed by atoms with E-state index in [9.17, 15) is 14.9 Å². The fraction of sp³-hybridized carbons (Fsp3) is 0.0417. The Morgan fingerprint density at radius 1 is 1.00 bits per heavy atom. The van der Waals surface area contributed by atoms with E-state index < -0.39 is 11.9 Å². The molecular weight excluding hydrogens is 444 g/mol. The van der Waals surface area contributed by atoms with E-state index in [4.69, 9.17) is 4.74 Å². The molecule has 0 unspecified atom stereocenters. The molecule has 0 aliphatic rings. The van der Waals surface area contributed by atoms with Crippen LogP contribution in [-0.2, 0) is 4.79 Å². The third-order valence-corrected chi connectivity index (χ3v) is 4.77. The van der Waals surface area contributed by atoms with Crippen molar-refractivity contribution in [3.63, 3.8) is 0 Å². The first-order chi connectivity index (χ1) is 14.5. The Morgan fingerprint density at radius 2 is 1.67 bits per heavy atom. The number of hydrogen-bond donors (Lipinski definition) is 1. The molecule has 0 spiro atoms. The second-order valence-electron chi connectivity index (χ2n) is 6.40. The summed E-state index contributed by atoms with van der Waals surface area (Å²) in [5.74, 6) is -0.596. The molecule has 0 aliphatic heterocycles. The first-order valence-electron chi connectivity index (χ1n) is 9.03. The minimum absolute atomic E-state index is 0.0298. The molecule has 30 heavy (non-hydrogen) atoms. The third-order valence-electron chi connectivity index (χ3n) is 4.24. The molecule has 3 rings (SSSR count). The summed E-state index contributed by atoms with van der Waals surface area (Å²) in [6, 6.07) is 22.7. The zero-order valence-electron chi connectivity index (χ0n) is 16.1. The van der Waals surface area contributed by atoms with Crippen LogP contribution in [0.2, 0.25) is 0 Å². The highest BCUT2D eigenvalue weighted by Gasteiger charge is 2.11. The van der Waals surface area contributed by atoms with E-state index >= 15 is 0 Å². The lowest BCUT2D eigenvalue weighted by molar-refractivity contribution is -0.112. The number of amides is 1. The van der Waals surface area contributed by atoms with Crippen molar-refractivity contribution in [3.05, 3.63) is 99.5 Å². The van der Waals surface area contributed by atoms with Crippen LogP contribution in [0.4, 0.5) is 5.69 Å². The molecule has 0 aliphatic carbocycles. The first-order valence-corrected chi connectivity index (χ1v) is 9.82. The number of halogens is 1. The SMILES string of the molecule is Cc1ccccc1NC(=O)C(C#N)=Cc1ccc(OC(=O)c2ccc(Br)cc2)cc1. The van der Waals surface area contributed by atoms with Crippen LogP contribution in [0.5, 0.6) is 5.75 Å². The number of esters is 1. The van der Waals surface area contributed by atoms with Crippen LogP contribution in [0.15, 0.2) is 82.8 Å². The van der Waals surface area contributed by atoms with Crippen LogP contribution in [0.3, 0.4) is 0 Å². The minimum atomic E-state index is -0.488. The van der Waals surface area contributed by atoms with Crippen LogP contribution in [0.1, 0.15) is 21.5 Å². The van der Waals surface area contributed by atoms with Gasteiger partial charge in [-0.1, -0.05) is 46.3 Å². The highest BCUT2D eigenvalue weighted by Crippen LogP contribution is 2.19. The number of rotatable bonds is 5. The van der Waals surface area contributed by atoms with Crippen molar-refractivity contribution in [3.8, 4) is 11.8 Å². The number of hydrogen-bond acceptors (Lipinski definition) is 4. The largest absolute Gasteiger partial charge is 0.423 e. The van der Waals surface area contributed by atoms with Crippen molar-refractivity contribution >= 4 is 39.6 Å². The van der Waals surface area contributed by atoms with Crippen LogP contribution < -0.4 is 10.1 Å². The van der Waals surface area contributed by atoms with E-state index in [1.165, 1.54) is 6.08 Å². The molecular formula is C24H17BrN2O3. The molecule has 0 atom stereocenters. The van der Waals surface area contributed by atoms with Crippen LogP contribution in [0.25, 0.3) is 6.08 Å². The van der Waals surface area contributed by atoms with E-state index in [1.54, 1.807) is 54.6 Å². The van der Waals surface area contributed by atoms with E-state index in [0.29, 0.717) is 22.6 Å². The standard InChI is InChI=1S/C24H17BrN2O3/c1-16-4-2-3-5-22(16)27-23(28)19(15-26)14-17-6-12-21(13-7-17)30-24(29)18-8-10-20(25)11-9-18/h2-14H,1H3,(H,27,28). The number of nitrogens with one attached hydrogen (secondary N) is 1. The van der Waals surface area contributed by atoms with Crippen molar-refractivity contribution in [1.29, 1.82) is 5.26 Å². The van der Waals surface area contributed by atoms with E-state index in [1.807, 2.05) is 31.2 Å². The fourth-order valence-electron chi connectivity index (χ4n) is 2.60. The van der Waals surface area contributed by atoms with Gasteiger partial charge in [0.25, 0.3) is 5.91 Å². The average molecular weight is 461 g/mol. The molecule has 0 saturated heterocycles. The second-order valence-corrected chi connectivity index (χ2v) is 7.32. The highest BCUT2D eigenvalue weighted by atomic mass is 79.9. The van der Waals surface area contributed by atoms with Gasteiger partial charge >= 0.3 is 5.97 Å². The maximum absolute atomic E-state index is 12.4. The third kappa shape index (κ3) is 5.43. The Labute approximate surface area is 182 Å². The normalized spacial score (nSPS) is 10.8. The number of anilines is 1. The van der Waals surface area contributed by atoms with Crippen molar-refractivity contribution in [2.45, 2.75) is 6.92 Å². The maximum atomic E-state index is 12.4. The van der Waals surface area contributed by atoms with E-state index in [2.05, 4.69) is 21.2 Å². The Bertz CT molecular complexity index is 1140. The lowest BCUT2D eigenvalue weighted by Crippen LogP contribution is -2.14. The molecule has 0 heterocycles. The van der Waals surface area contributed by atoms with Gasteiger partial charge in [0.2, 0.25) is 0 Å². The van der Waals surface area contributed by atoms with Crippen molar-refractivity contribution in [1.82, 2.24) is 0 Å². The van der Waals surface area contributed by atoms with Gasteiger partial charge in [0.15, 0.2) is 0 Å². The summed E-state index contributed by atoms with van der Waals surface area (Å²) < 4.78 is 6.22. The van der Waals surface area contributed by atoms with Gasteiger partial charge < -0.3 is 10.1 Å². The molecule has 0 aromatic heterocycles. The molecule has 3 aromatic rings. The van der Waals surface area contributed by atoms with Gasteiger partial charge in [0, 0.05) is 10.2 Å². The average Bonchev–Trinajstić information content (AvgIpc) is 2.75. The highest BCUT2D eigenvalue weighted by molar-refractivity contribution is 9.10. The summed E-state index contributed by atoms with van der Waals surface area (Å²) >= 11 is 3.32. The van der Waals surface area contributed by atoms with Crippen molar-refractivity contribution in [2.75, 3.05) is 5.32 Å². The summed E-state index contributed by atoms with van der Waals surface area (Å²) in [6.45, 7) is 1.87. The van der Waals surface area contributed by atoms with Crippen LogP contribution >= 0.6 is 15.9 Å². The molecule has 0 bridgehead atoms. The Morgan fingerprint density at radius 3 is 2.30 bits per heavy atom. The van der Waals surface area contributed by atoms with E-state index in [0.717, 1.165) is 10.0 Å². The second kappa shape index (κ2) is 9.68. The zero-order chi connectivity index (χ0) is 21.5. The smallest absolute Gasteiger partial charge is 0.343 e. The summed E-state index contributed by atoms with van der Waals surface area (Å²) in [6.07, 6.45) is 1.48. The molecule has 1 N–H and O–H groups in total. The number of aryl methyl sites for hydroxylation is 1. The zero-order valence-corrected chi connectivity index (χ0v) is 17.6. The lowest BCUT2D eigenvalue weighted by Gasteiger charge is -2.07. The van der Waals surface area contributed by atoms with Gasteiger partial charge in [-0.25, -0.2) is 4.79 Å². The summed E-state index contributed by atoms with van der Waals surface area (Å²) in [5.41, 5.74) is 2.59. The number of ether oxygens (including phenoxy) is 1. The molecule has 0 radical (unpaired) electrons. The molecule has 3 aromatic carbocycles. The maximum Gasteiger partial charge on any atom is 0.343 e. The number of nitrogens with zero attached hydrogens (tertiary/aromatic N) is 1. The Kier molecular flexibility index (Phi) is 6.79. The van der Waals surface area contributed by atoms with Gasteiger partial charge in [-0.15, -0.1) is 0 Å². The van der Waals surface area contributed by atoms with Gasteiger partial charge in [-0.3, -0.25) is 4.79 Å². The number of nitriles is 1. The van der Waals surface area contributed by atoms with Crippen molar-refractivity contribution < 1.29 is 14.3 Å². The summed E-state index contributed by atoms with van der Waals surface area (Å²) in [7, 11) is 0. The Hall–Kier alpha value is -3.69. The molecule has 1 amide bonds. The number of carbonyl (C=O) groups excluding carboxylic acids is 2. The van der Waals surface area contributed by atoms with Gasteiger partial charge in [0.05, 0.1) is 5.56 Å². The molecule has 6 heteroatoms. The quantitative estimate of drug-likeness (QED) is 0.235. The fourth-order valence-corrected chi connectivity index (χ4v) is 2.87. The summed E-state index contributed by atoms with van der Waals surface area (Å²) in [5, 5.41) is 12.1. The Balaban J connectivity index is 1.69. The lowest BCUT2D eigenvalue weighted by atomic mass is 10.1. The predicted octanol–water partition coefficient (Wildman–Crippen LogP) is 5.52. The van der Waals surface area contributed by atoms with Crippen LogP contribution in [-0.4, -0.2) is 11.9 Å². The monoisotopic (exact) mass is 460 g/mol. The number of para-hydroxylation sites is 1. The number of benzene rings is 3. The minimum Gasteiger partial charge on any atom is -0.423 e. The van der Waals surface area contributed by atoms with Gasteiger partial charge in [0.1, 0.15) is 17.4 Å². The first kappa shape index (κ1) is 21.0. The molecule has 148 valence electrons. The van der Waals surface area contributed by atoms with E-state index in [-0.39, 0.29) is 5.57 Å². The summed E-state index contributed by atoms with van der Waals surface area (Å²) in [4.78, 5) is 24.6. The molecule has 5 nitrogen and oxygen atoms in total. The van der Waals surface area contributed by atoms with Gasteiger partial charge in [-0.2, -0.15) is 5.26 Å².